The average molecular weight is 306 g/mol. The standard InChI is InChI=1S/C12H16ClNO4S/c1-12(2,19(3,17)18)7-14-10-6-8(13)4-5-9(10)11(15)16/h4-6,14H,7H2,1-3H3,(H,15,16). The number of hydrogen-bond donors (Lipinski definition) is 2. The van der Waals surface area contributed by atoms with Gasteiger partial charge < -0.3 is 10.4 Å². The molecule has 0 spiro atoms. The largest absolute Gasteiger partial charge is 0.478 e. The summed E-state index contributed by atoms with van der Waals surface area (Å²) in [5.41, 5.74) is 0.352. The average Bonchev–Trinajstić information content (AvgIpc) is 2.24. The van der Waals surface area contributed by atoms with E-state index in [1.54, 1.807) is 13.8 Å². The van der Waals surface area contributed by atoms with E-state index in [1.807, 2.05) is 0 Å². The Labute approximate surface area is 117 Å². The second-order valence-corrected chi connectivity index (χ2v) is 7.97. The molecule has 0 saturated heterocycles. The Bertz CT molecular complexity index is 596. The molecule has 0 aromatic heterocycles. The highest BCUT2D eigenvalue weighted by Crippen LogP contribution is 2.23. The number of hydrogen-bond acceptors (Lipinski definition) is 4. The predicted molar refractivity (Wildman–Crippen MR) is 75.8 cm³/mol. The Morgan fingerprint density at radius 3 is 2.47 bits per heavy atom. The lowest BCUT2D eigenvalue weighted by Gasteiger charge is -2.24. The van der Waals surface area contributed by atoms with E-state index in [0.29, 0.717) is 10.7 Å². The summed E-state index contributed by atoms with van der Waals surface area (Å²) in [5.74, 6) is -1.10. The van der Waals surface area contributed by atoms with Gasteiger partial charge in [-0.15, -0.1) is 0 Å². The lowest BCUT2D eigenvalue weighted by molar-refractivity contribution is 0.0698. The first-order chi connectivity index (χ1) is 8.54. The van der Waals surface area contributed by atoms with Crippen LogP contribution in [0.4, 0.5) is 5.69 Å². The Kier molecular flexibility index (Phi) is 4.47. The van der Waals surface area contributed by atoms with E-state index in [2.05, 4.69) is 5.32 Å². The van der Waals surface area contributed by atoms with Crippen LogP contribution in [0.25, 0.3) is 0 Å². The number of aromatic carboxylic acids is 1. The first-order valence-corrected chi connectivity index (χ1v) is 7.78. The molecule has 19 heavy (non-hydrogen) atoms. The number of carbonyl (C=O) groups is 1. The van der Waals surface area contributed by atoms with Gasteiger partial charge in [0, 0.05) is 17.8 Å². The van der Waals surface area contributed by atoms with Gasteiger partial charge in [0.25, 0.3) is 0 Å². The topological polar surface area (TPSA) is 83.5 Å². The fourth-order valence-electron chi connectivity index (χ4n) is 1.29. The molecule has 0 atom stereocenters. The first kappa shape index (κ1) is 15.8. The van der Waals surface area contributed by atoms with Gasteiger partial charge in [-0.3, -0.25) is 0 Å². The highest BCUT2D eigenvalue weighted by molar-refractivity contribution is 7.92. The van der Waals surface area contributed by atoms with Crippen LogP contribution < -0.4 is 5.32 Å². The minimum atomic E-state index is -3.26. The maximum atomic E-state index is 11.6. The van der Waals surface area contributed by atoms with Crippen molar-refractivity contribution in [1.82, 2.24) is 0 Å². The van der Waals surface area contributed by atoms with Crippen LogP contribution in [0.15, 0.2) is 18.2 Å². The monoisotopic (exact) mass is 305 g/mol. The lowest BCUT2D eigenvalue weighted by atomic mass is 10.1. The van der Waals surface area contributed by atoms with Gasteiger partial charge in [-0.1, -0.05) is 11.6 Å². The summed E-state index contributed by atoms with van der Waals surface area (Å²) in [6.07, 6.45) is 1.14. The molecule has 0 amide bonds. The van der Waals surface area contributed by atoms with Crippen LogP contribution in [0.2, 0.25) is 5.02 Å². The van der Waals surface area contributed by atoms with E-state index in [9.17, 15) is 13.2 Å². The molecule has 0 fully saturated rings. The van der Waals surface area contributed by atoms with Crippen LogP contribution in [0.3, 0.4) is 0 Å². The Hall–Kier alpha value is -1.27. The summed E-state index contributed by atoms with van der Waals surface area (Å²) in [7, 11) is -3.26. The molecular formula is C12H16ClNO4S. The van der Waals surface area contributed by atoms with Crippen LogP contribution in [0, 0.1) is 0 Å². The maximum Gasteiger partial charge on any atom is 0.337 e. The number of anilines is 1. The molecule has 1 rings (SSSR count). The molecule has 2 N–H and O–H groups in total. The summed E-state index contributed by atoms with van der Waals surface area (Å²) in [5, 5.41) is 12.3. The summed E-state index contributed by atoms with van der Waals surface area (Å²) in [4.78, 5) is 11.1. The molecule has 0 heterocycles. The first-order valence-electron chi connectivity index (χ1n) is 5.51. The van der Waals surface area contributed by atoms with Crippen LogP contribution in [-0.2, 0) is 9.84 Å². The molecule has 1 aromatic carbocycles. The Balaban J connectivity index is 3.01. The van der Waals surface area contributed by atoms with Gasteiger partial charge in [0.15, 0.2) is 9.84 Å². The van der Waals surface area contributed by atoms with Crippen molar-refractivity contribution in [3.8, 4) is 0 Å². The zero-order valence-electron chi connectivity index (χ0n) is 10.9. The minimum Gasteiger partial charge on any atom is -0.478 e. The van der Waals surface area contributed by atoms with Crippen LogP contribution in [0.5, 0.6) is 0 Å². The van der Waals surface area contributed by atoms with E-state index in [1.165, 1.54) is 18.2 Å². The van der Waals surface area contributed by atoms with Crippen molar-refractivity contribution in [3.63, 3.8) is 0 Å². The third kappa shape index (κ3) is 3.84. The van der Waals surface area contributed by atoms with E-state index in [0.717, 1.165) is 6.26 Å². The molecule has 0 radical (unpaired) electrons. The van der Waals surface area contributed by atoms with Crippen molar-refractivity contribution in [2.75, 3.05) is 18.1 Å². The molecule has 106 valence electrons. The molecule has 5 nitrogen and oxygen atoms in total. The van der Waals surface area contributed by atoms with Gasteiger partial charge in [-0.2, -0.15) is 0 Å². The smallest absolute Gasteiger partial charge is 0.337 e. The number of nitrogens with one attached hydrogen (secondary N) is 1. The summed E-state index contributed by atoms with van der Waals surface area (Å²) in [6.45, 7) is 3.23. The highest BCUT2D eigenvalue weighted by Gasteiger charge is 2.30. The number of sulfone groups is 1. The second kappa shape index (κ2) is 5.38. The molecule has 0 bridgehead atoms. The number of carboxylic acids is 1. The third-order valence-corrected chi connectivity index (χ3v) is 5.31. The quantitative estimate of drug-likeness (QED) is 0.872. The van der Waals surface area contributed by atoms with E-state index in [-0.39, 0.29) is 12.1 Å². The van der Waals surface area contributed by atoms with Crippen LogP contribution >= 0.6 is 11.6 Å². The van der Waals surface area contributed by atoms with Gasteiger partial charge in [-0.25, -0.2) is 13.2 Å². The third-order valence-electron chi connectivity index (χ3n) is 2.92. The number of carboxylic acid groups (broad SMARTS) is 1. The molecule has 1 aromatic rings. The number of halogens is 1. The SMILES string of the molecule is CC(C)(CNc1cc(Cl)ccc1C(=O)O)S(C)(=O)=O. The van der Waals surface area contributed by atoms with Gasteiger partial charge in [-0.05, 0) is 32.0 Å². The van der Waals surface area contributed by atoms with Gasteiger partial charge in [0.05, 0.1) is 16.0 Å². The van der Waals surface area contributed by atoms with Crippen molar-refractivity contribution in [3.05, 3.63) is 28.8 Å². The molecule has 7 heteroatoms. The van der Waals surface area contributed by atoms with E-state index < -0.39 is 20.6 Å². The zero-order valence-corrected chi connectivity index (χ0v) is 12.5. The lowest BCUT2D eigenvalue weighted by Crippen LogP contribution is -2.38. The van der Waals surface area contributed by atoms with E-state index >= 15 is 0 Å². The van der Waals surface area contributed by atoms with Crippen molar-refractivity contribution in [2.24, 2.45) is 0 Å². The fraction of sp³-hybridized carbons (Fsp3) is 0.417. The van der Waals surface area contributed by atoms with E-state index in [4.69, 9.17) is 16.7 Å². The Morgan fingerprint density at radius 1 is 1.42 bits per heavy atom. The minimum absolute atomic E-state index is 0.0497. The van der Waals surface area contributed by atoms with Gasteiger partial charge >= 0.3 is 5.97 Å². The van der Waals surface area contributed by atoms with Crippen molar-refractivity contribution < 1.29 is 18.3 Å². The number of benzene rings is 1. The van der Waals surface area contributed by atoms with Gasteiger partial charge in [0.2, 0.25) is 0 Å². The highest BCUT2D eigenvalue weighted by atomic mass is 35.5. The Morgan fingerprint density at radius 2 is 2.00 bits per heavy atom. The summed E-state index contributed by atoms with van der Waals surface area (Å²) in [6, 6.07) is 4.31. The molecular weight excluding hydrogens is 290 g/mol. The molecule has 0 saturated carbocycles. The molecule has 0 aliphatic rings. The molecule has 0 aliphatic carbocycles. The normalized spacial score (nSPS) is 12.2. The van der Waals surface area contributed by atoms with Crippen molar-refractivity contribution in [1.29, 1.82) is 0 Å². The maximum absolute atomic E-state index is 11.6. The number of rotatable bonds is 5. The second-order valence-electron chi connectivity index (χ2n) is 4.88. The molecule has 0 unspecified atom stereocenters. The van der Waals surface area contributed by atoms with Crippen LogP contribution in [-0.4, -0.2) is 37.0 Å². The van der Waals surface area contributed by atoms with Crippen molar-refractivity contribution in [2.45, 2.75) is 18.6 Å². The molecule has 0 aliphatic heterocycles. The zero-order chi connectivity index (χ0) is 14.8. The summed E-state index contributed by atoms with van der Waals surface area (Å²) < 4.78 is 22.1. The predicted octanol–water partition coefficient (Wildman–Crippen LogP) is 2.27. The van der Waals surface area contributed by atoms with Crippen LogP contribution in [0.1, 0.15) is 24.2 Å². The van der Waals surface area contributed by atoms with Gasteiger partial charge in [0.1, 0.15) is 0 Å². The summed E-state index contributed by atoms with van der Waals surface area (Å²) >= 11 is 5.81. The fourth-order valence-corrected chi connectivity index (χ4v) is 1.79. The van der Waals surface area contributed by atoms with Crippen molar-refractivity contribution >= 4 is 33.1 Å².